The molecule has 5 nitrogen and oxygen atoms in total. The third-order valence-electron chi connectivity index (χ3n) is 3.23. The van der Waals surface area contributed by atoms with Gasteiger partial charge in [-0.05, 0) is 29.8 Å². The Bertz CT molecular complexity index is 942. The summed E-state index contributed by atoms with van der Waals surface area (Å²) in [5, 5.41) is 2.89. The molecule has 0 aliphatic heterocycles. The Hall–Kier alpha value is -2.13. The Labute approximate surface area is 135 Å². The summed E-state index contributed by atoms with van der Waals surface area (Å²) in [6, 6.07) is 11.1. The summed E-state index contributed by atoms with van der Waals surface area (Å²) in [4.78, 5) is -0.411. The van der Waals surface area contributed by atoms with E-state index in [9.17, 15) is 17.2 Å². The first-order chi connectivity index (χ1) is 11.0. The third kappa shape index (κ3) is 3.15. The topological polar surface area (TPSA) is 72.0 Å². The molecular weight excluding hydrogens is 344 g/mol. The van der Waals surface area contributed by atoms with Crippen LogP contribution in [-0.4, -0.2) is 22.9 Å². The Morgan fingerprint density at radius 3 is 2.61 bits per heavy atom. The van der Waals surface area contributed by atoms with E-state index in [0.717, 1.165) is 34.4 Å². The molecule has 0 amide bonds. The minimum atomic E-state index is -4.65. The second kappa shape index (κ2) is 6.17. The van der Waals surface area contributed by atoms with Crippen molar-refractivity contribution in [3.8, 4) is 0 Å². The molecule has 3 aromatic rings. The molecule has 0 aliphatic rings. The van der Waals surface area contributed by atoms with Crippen LogP contribution in [0.5, 0.6) is 0 Å². The van der Waals surface area contributed by atoms with Gasteiger partial charge in [-0.15, -0.1) is 0 Å². The number of nitrogens with zero attached hydrogens (tertiary/aromatic N) is 2. The summed E-state index contributed by atoms with van der Waals surface area (Å²) >= 11 is 1.10. The smallest absolute Gasteiger partial charge is 0.341 e. The number of benzene rings is 2. The van der Waals surface area contributed by atoms with E-state index in [1.165, 1.54) is 12.1 Å². The molecule has 0 bridgehead atoms. The first-order valence-corrected chi connectivity index (χ1v) is 8.82. The van der Waals surface area contributed by atoms with Crippen molar-refractivity contribution >= 4 is 38.3 Å². The Morgan fingerprint density at radius 2 is 1.83 bits per heavy atom. The molecule has 9 heteroatoms. The summed E-state index contributed by atoms with van der Waals surface area (Å²) in [6.07, 6.45) is 0. The number of aromatic nitrogens is 2. The highest BCUT2D eigenvalue weighted by atomic mass is 32.2. The predicted molar refractivity (Wildman–Crippen MR) is 84.4 cm³/mol. The second-order valence-electron chi connectivity index (χ2n) is 4.74. The van der Waals surface area contributed by atoms with Crippen LogP contribution in [0, 0.1) is 0 Å². The lowest BCUT2D eigenvalue weighted by atomic mass is 10.2. The second-order valence-corrected chi connectivity index (χ2v) is 7.16. The van der Waals surface area contributed by atoms with Crippen LogP contribution in [0.25, 0.3) is 11.0 Å². The molecule has 0 unspecified atom stereocenters. The van der Waals surface area contributed by atoms with Crippen molar-refractivity contribution in [2.75, 3.05) is 5.32 Å². The number of hydrogen-bond donors (Lipinski definition) is 1. The van der Waals surface area contributed by atoms with Crippen LogP contribution in [0.2, 0.25) is 0 Å². The molecule has 0 aliphatic carbocycles. The zero-order valence-corrected chi connectivity index (χ0v) is 13.2. The van der Waals surface area contributed by atoms with Gasteiger partial charge in [-0.3, -0.25) is 0 Å². The highest BCUT2D eigenvalue weighted by molar-refractivity contribution is 7.91. The maximum Gasteiger partial charge on any atom is 0.341 e. The van der Waals surface area contributed by atoms with Crippen molar-refractivity contribution in [3.05, 3.63) is 48.0 Å². The largest absolute Gasteiger partial charge is 0.380 e. The lowest BCUT2D eigenvalue weighted by molar-refractivity contribution is 0.235. The van der Waals surface area contributed by atoms with E-state index >= 15 is 0 Å². The highest BCUT2D eigenvalue weighted by Crippen LogP contribution is 2.26. The van der Waals surface area contributed by atoms with Crippen LogP contribution < -0.4 is 5.32 Å². The minimum Gasteiger partial charge on any atom is -0.380 e. The summed E-state index contributed by atoms with van der Waals surface area (Å²) in [7, 11) is -4.65. The average molecular weight is 355 g/mol. The van der Waals surface area contributed by atoms with Crippen LogP contribution in [0.1, 0.15) is 5.56 Å². The Morgan fingerprint density at radius 1 is 1.09 bits per heavy atom. The van der Waals surface area contributed by atoms with Gasteiger partial charge in [0, 0.05) is 6.54 Å². The minimum absolute atomic E-state index is 0.143. The van der Waals surface area contributed by atoms with E-state index in [4.69, 9.17) is 0 Å². The average Bonchev–Trinajstić information content (AvgIpc) is 3.00. The quantitative estimate of drug-likeness (QED) is 0.760. The third-order valence-corrected chi connectivity index (χ3v) is 5.22. The van der Waals surface area contributed by atoms with Crippen LogP contribution in [0.4, 0.5) is 14.5 Å². The fourth-order valence-corrected chi connectivity index (χ4v) is 3.52. The standard InChI is InChI=1S/C14H11F2N3O2S2/c15-14(16)23(20,21)13-4-2-1-3-11(13)17-8-9-5-6-10-12(7-9)19-22-18-10/h1-7,14,17H,8H2. The fourth-order valence-electron chi connectivity index (χ4n) is 2.09. The van der Waals surface area contributed by atoms with Crippen LogP contribution >= 0.6 is 11.7 Å². The Balaban J connectivity index is 1.86. The number of nitrogens with one attached hydrogen (secondary N) is 1. The lowest BCUT2D eigenvalue weighted by Gasteiger charge is -2.12. The monoisotopic (exact) mass is 355 g/mol. The molecule has 1 aromatic heterocycles. The van der Waals surface area contributed by atoms with Gasteiger partial charge in [-0.25, -0.2) is 8.42 Å². The van der Waals surface area contributed by atoms with Crippen LogP contribution in [0.15, 0.2) is 47.4 Å². The number of anilines is 1. The molecule has 23 heavy (non-hydrogen) atoms. The van der Waals surface area contributed by atoms with E-state index in [2.05, 4.69) is 14.1 Å². The summed E-state index contributed by atoms with van der Waals surface area (Å²) in [6.45, 7) is 0.281. The van der Waals surface area contributed by atoms with Gasteiger partial charge < -0.3 is 5.32 Å². The highest BCUT2D eigenvalue weighted by Gasteiger charge is 2.28. The first-order valence-electron chi connectivity index (χ1n) is 6.54. The molecule has 1 N–H and O–H groups in total. The van der Waals surface area contributed by atoms with Crippen molar-refractivity contribution in [1.82, 2.24) is 8.75 Å². The molecule has 0 fully saturated rings. The molecule has 0 atom stereocenters. The molecule has 0 saturated carbocycles. The van der Waals surface area contributed by atoms with Crippen molar-refractivity contribution in [2.45, 2.75) is 17.2 Å². The molecule has 3 rings (SSSR count). The summed E-state index contributed by atoms with van der Waals surface area (Å²) in [5.74, 6) is -3.46. The molecular formula is C14H11F2N3O2S2. The van der Waals surface area contributed by atoms with E-state index < -0.39 is 20.5 Å². The lowest BCUT2D eigenvalue weighted by Crippen LogP contribution is -2.14. The zero-order chi connectivity index (χ0) is 16.4. The molecule has 0 spiro atoms. The normalized spacial score (nSPS) is 12.0. The van der Waals surface area contributed by atoms with Gasteiger partial charge in [0.15, 0.2) is 0 Å². The maximum atomic E-state index is 12.8. The number of rotatable bonds is 5. The molecule has 120 valence electrons. The fraction of sp³-hybridized carbons (Fsp3) is 0.143. The van der Waals surface area contributed by atoms with Crippen molar-refractivity contribution in [3.63, 3.8) is 0 Å². The van der Waals surface area contributed by atoms with Gasteiger partial charge in [0.2, 0.25) is 9.84 Å². The van der Waals surface area contributed by atoms with E-state index in [-0.39, 0.29) is 12.2 Å². The van der Waals surface area contributed by atoms with E-state index in [0.29, 0.717) is 0 Å². The van der Waals surface area contributed by atoms with Crippen LogP contribution in [0.3, 0.4) is 0 Å². The number of sulfone groups is 1. The SMILES string of the molecule is O=S(=O)(c1ccccc1NCc1ccc2nsnc2c1)C(F)F. The molecule has 2 aromatic carbocycles. The van der Waals surface area contributed by atoms with Crippen molar-refractivity contribution in [1.29, 1.82) is 0 Å². The Kier molecular flexibility index (Phi) is 4.22. The van der Waals surface area contributed by atoms with Gasteiger partial charge >= 0.3 is 5.76 Å². The van der Waals surface area contributed by atoms with Crippen molar-refractivity contribution < 1.29 is 17.2 Å². The maximum absolute atomic E-state index is 12.8. The van der Waals surface area contributed by atoms with Gasteiger partial charge in [0.1, 0.15) is 11.0 Å². The summed E-state index contributed by atoms with van der Waals surface area (Å²) in [5.41, 5.74) is 2.50. The van der Waals surface area contributed by atoms with Gasteiger partial charge in [0.05, 0.1) is 22.3 Å². The number of halogens is 2. The van der Waals surface area contributed by atoms with E-state index in [1.807, 2.05) is 12.1 Å². The van der Waals surface area contributed by atoms with Gasteiger partial charge in [-0.2, -0.15) is 17.5 Å². The molecule has 1 heterocycles. The predicted octanol–water partition coefficient (Wildman–Crippen LogP) is 3.30. The van der Waals surface area contributed by atoms with E-state index in [1.54, 1.807) is 12.1 Å². The molecule has 0 radical (unpaired) electrons. The number of hydrogen-bond acceptors (Lipinski definition) is 6. The van der Waals surface area contributed by atoms with Gasteiger partial charge in [-0.1, -0.05) is 18.2 Å². The first kappa shape index (κ1) is 15.8. The molecule has 0 saturated heterocycles. The van der Waals surface area contributed by atoms with Crippen molar-refractivity contribution in [2.24, 2.45) is 0 Å². The number of para-hydroxylation sites is 1. The van der Waals surface area contributed by atoms with Crippen LogP contribution in [-0.2, 0) is 16.4 Å². The number of fused-ring (bicyclic) bond motifs is 1. The van der Waals surface area contributed by atoms with Gasteiger partial charge in [0.25, 0.3) is 0 Å². The number of alkyl halides is 2. The summed E-state index contributed by atoms with van der Waals surface area (Å²) < 4.78 is 57.1. The zero-order valence-electron chi connectivity index (χ0n) is 11.6.